The molecule has 7 heavy (non-hydrogen) atoms. The van der Waals surface area contributed by atoms with Crippen molar-refractivity contribution >= 4 is 11.6 Å². The maximum absolute atomic E-state index is 5.30. The second-order valence-corrected chi connectivity index (χ2v) is 1.42. The Morgan fingerprint density at radius 2 is 1.86 bits per heavy atom. The van der Waals surface area contributed by atoms with Crippen LogP contribution in [0.15, 0.2) is 0 Å². The first kappa shape index (κ1) is 10.3. The van der Waals surface area contributed by atoms with Gasteiger partial charge >= 0.3 is 0 Å². The van der Waals surface area contributed by atoms with Gasteiger partial charge in [-0.25, -0.2) is 0 Å². The van der Waals surface area contributed by atoms with Crippen molar-refractivity contribution in [2.24, 2.45) is 0 Å². The van der Waals surface area contributed by atoms with E-state index < -0.39 is 0 Å². The summed E-state index contributed by atoms with van der Waals surface area (Å²) in [5.41, 5.74) is 0. The van der Waals surface area contributed by atoms with Crippen LogP contribution < -0.4 is 0 Å². The third-order valence-corrected chi connectivity index (χ3v) is 0.754. The number of hydrogen-bond donors (Lipinski definition) is 0. The lowest BCUT2D eigenvalue weighted by atomic mass is 10.4. The highest BCUT2D eigenvalue weighted by molar-refractivity contribution is 6.17. The predicted octanol–water partition coefficient (Wildman–Crippen LogP) is 2.87. The Labute approximate surface area is 51.9 Å². The average molecular weight is 122 g/mol. The van der Waals surface area contributed by atoms with E-state index in [0.717, 1.165) is 12.3 Å². The molecule has 0 saturated heterocycles. The topological polar surface area (TPSA) is 0 Å². The van der Waals surface area contributed by atoms with Gasteiger partial charge in [0.15, 0.2) is 0 Å². The van der Waals surface area contributed by atoms with Crippen molar-refractivity contribution in [3.63, 3.8) is 0 Å². The third kappa shape index (κ3) is 22.1. The van der Waals surface area contributed by atoms with Gasteiger partial charge in [-0.1, -0.05) is 27.2 Å². The van der Waals surface area contributed by atoms with Gasteiger partial charge in [0, 0.05) is 5.88 Å². The zero-order chi connectivity index (χ0) is 6.12. The molecular formula is C6H14Cl. The molecule has 0 aromatic rings. The van der Waals surface area contributed by atoms with Crippen LogP contribution >= 0.6 is 11.6 Å². The number of hydrogen-bond acceptors (Lipinski definition) is 0. The highest BCUT2D eigenvalue weighted by Gasteiger charge is 1.70. The van der Waals surface area contributed by atoms with Crippen LogP contribution in [0.3, 0.4) is 0 Å². The van der Waals surface area contributed by atoms with Gasteiger partial charge in [0.1, 0.15) is 0 Å². The highest BCUT2D eigenvalue weighted by Crippen LogP contribution is 1.86. The molecule has 0 rings (SSSR count). The quantitative estimate of drug-likeness (QED) is 0.493. The van der Waals surface area contributed by atoms with E-state index in [1.165, 1.54) is 6.42 Å². The fraction of sp³-hybridized carbons (Fsp3) is 0.833. The van der Waals surface area contributed by atoms with Crippen LogP contribution in [0.1, 0.15) is 26.7 Å². The van der Waals surface area contributed by atoms with E-state index in [1.54, 1.807) is 6.92 Å². The Hall–Kier alpha value is 0.290. The molecule has 0 aliphatic rings. The van der Waals surface area contributed by atoms with Gasteiger partial charge in [-0.2, -0.15) is 0 Å². The zero-order valence-electron chi connectivity index (χ0n) is 5.21. The molecule has 0 saturated carbocycles. The standard InChI is InChI=1S/C4H9Cl.C2H5/c1-2-3-4-5;1-2/h2-4H2,1H3;1H2,2H3. The Kier molecular flexibility index (Phi) is 23.9. The minimum atomic E-state index is 0.816. The van der Waals surface area contributed by atoms with Gasteiger partial charge < -0.3 is 0 Å². The normalized spacial score (nSPS) is 6.86. The molecule has 0 unspecified atom stereocenters. The maximum Gasteiger partial charge on any atom is 0.0223 e. The van der Waals surface area contributed by atoms with Gasteiger partial charge in [-0.05, 0) is 6.42 Å². The Morgan fingerprint density at radius 1 is 1.43 bits per heavy atom. The minimum absolute atomic E-state index is 0.816. The summed E-state index contributed by atoms with van der Waals surface area (Å²) < 4.78 is 0. The molecule has 0 N–H and O–H groups in total. The fourth-order valence-corrected chi connectivity index (χ4v) is 0.401. The first-order valence-electron chi connectivity index (χ1n) is 2.68. The number of halogens is 1. The van der Waals surface area contributed by atoms with Crippen molar-refractivity contribution in [3.05, 3.63) is 6.92 Å². The number of rotatable bonds is 2. The van der Waals surface area contributed by atoms with Crippen LogP contribution in [0.2, 0.25) is 0 Å². The molecule has 0 nitrogen and oxygen atoms in total. The molecule has 0 heterocycles. The van der Waals surface area contributed by atoms with Gasteiger partial charge in [0.25, 0.3) is 0 Å². The van der Waals surface area contributed by atoms with Crippen molar-refractivity contribution in [2.45, 2.75) is 26.7 Å². The van der Waals surface area contributed by atoms with Crippen molar-refractivity contribution < 1.29 is 0 Å². The predicted molar refractivity (Wildman–Crippen MR) is 36.7 cm³/mol. The van der Waals surface area contributed by atoms with E-state index in [4.69, 9.17) is 11.6 Å². The van der Waals surface area contributed by atoms with E-state index in [9.17, 15) is 0 Å². The molecule has 0 fully saturated rings. The Bertz CT molecular complexity index is 11.7. The maximum atomic E-state index is 5.30. The molecule has 0 aromatic heterocycles. The van der Waals surface area contributed by atoms with E-state index in [-0.39, 0.29) is 0 Å². The molecule has 0 aliphatic heterocycles. The van der Waals surface area contributed by atoms with E-state index in [0.29, 0.717) is 0 Å². The van der Waals surface area contributed by atoms with E-state index in [2.05, 4.69) is 13.8 Å². The first-order valence-corrected chi connectivity index (χ1v) is 3.22. The summed E-state index contributed by atoms with van der Waals surface area (Å²) >= 11 is 5.30. The summed E-state index contributed by atoms with van der Waals surface area (Å²) in [7, 11) is 0. The molecule has 0 aliphatic carbocycles. The van der Waals surface area contributed by atoms with Crippen molar-refractivity contribution in [1.29, 1.82) is 0 Å². The lowest BCUT2D eigenvalue weighted by molar-refractivity contribution is 0.892. The van der Waals surface area contributed by atoms with Crippen LogP contribution in [-0.2, 0) is 0 Å². The van der Waals surface area contributed by atoms with Crippen LogP contribution in [0.25, 0.3) is 0 Å². The molecule has 0 amide bonds. The van der Waals surface area contributed by atoms with Crippen molar-refractivity contribution in [1.82, 2.24) is 0 Å². The number of unbranched alkanes of at least 4 members (excludes halogenated alkanes) is 1. The molecule has 0 atom stereocenters. The largest absolute Gasteiger partial charge is 0.127 e. The highest BCUT2D eigenvalue weighted by atomic mass is 35.5. The third-order valence-electron chi connectivity index (χ3n) is 0.487. The van der Waals surface area contributed by atoms with E-state index >= 15 is 0 Å². The monoisotopic (exact) mass is 121 g/mol. The first-order chi connectivity index (χ1) is 3.41. The van der Waals surface area contributed by atoms with E-state index in [1.807, 2.05) is 0 Å². The summed E-state index contributed by atoms with van der Waals surface area (Å²) in [5, 5.41) is 0. The fourth-order valence-electron chi connectivity index (χ4n) is 0.134. The van der Waals surface area contributed by atoms with Gasteiger partial charge in [-0.15, -0.1) is 11.6 Å². The summed E-state index contributed by atoms with van der Waals surface area (Å²) in [6.45, 7) is 7.13. The van der Waals surface area contributed by atoms with Crippen LogP contribution in [0.4, 0.5) is 0 Å². The molecule has 0 spiro atoms. The van der Waals surface area contributed by atoms with Crippen molar-refractivity contribution in [2.75, 3.05) is 5.88 Å². The lowest BCUT2D eigenvalue weighted by Crippen LogP contribution is -1.65. The summed E-state index contributed by atoms with van der Waals surface area (Å²) in [5.74, 6) is 0.816. The minimum Gasteiger partial charge on any atom is -0.127 e. The SMILES string of the molecule is CCCCCl.[CH2]C. The van der Waals surface area contributed by atoms with Gasteiger partial charge in [-0.3, -0.25) is 0 Å². The lowest BCUT2D eigenvalue weighted by Gasteiger charge is -1.77. The van der Waals surface area contributed by atoms with Crippen LogP contribution in [0, 0.1) is 6.92 Å². The van der Waals surface area contributed by atoms with Crippen molar-refractivity contribution in [3.8, 4) is 0 Å². The summed E-state index contributed by atoms with van der Waals surface area (Å²) in [6, 6.07) is 0. The molecule has 45 valence electrons. The van der Waals surface area contributed by atoms with Gasteiger partial charge in [0.2, 0.25) is 0 Å². The second-order valence-electron chi connectivity index (χ2n) is 1.04. The molecule has 1 radical (unpaired) electrons. The number of alkyl halides is 1. The smallest absolute Gasteiger partial charge is 0.0223 e. The zero-order valence-corrected chi connectivity index (χ0v) is 5.96. The average Bonchev–Trinajstić information content (AvgIpc) is 1.75. The summed E-state index contributed by atoms with van der Waals surface area (Å²) in [6.07, 6.45) is 2.37. The van der Waals surface area contributed by atoms with Crippen LogP contribution in [-0.4, -0.2) is 5.88 Å². The Morgan fingerprint density at radius 3 is 1.86 bits per heavy atom. The molecule has 0 bridgehead atoms. The molecular weight excluding hydrogens is 108 g/mol. The summed E-state index contributed by atoms with van der Waals surface area (Å²) in [4.78, 5) is 0. The molecule has 1 heteroatoms. The van der Waals surface area contributed by atoms with Gasteiger partial charge in [0.05, 0.1) is 0 Å². The molecule has 0 aromatic carbocycles. The van der Waals surface area contributed by atoms with Crippen LogP contribution in [0.5, 0.6) is 0 Å². The second kappa shape index (κ2) is 16.3. The Balaban J connectivity index is 0.